The summed E-state index contributed by atoms with van der Waals surface area (Å²) in [5.41, 5.74) is 5.69. The number of halogens is 2. The summed E-state index contributed by atoms with van der Waals surface area (Å²) in [6.45, 7) is 4.85. The summed E-state index contributed by atoms with van der Waals surface area (Å²) >= 11 is 0. The minimum absolute atomic E-state index is 0.272. The molecule has 1 aliphatic rings. The van der Waals surface area contributed by atoms with E-state index >= 15 is 0 Å². The Morgan fingerprint density at radius 2 is 1.84 bits per heavy atom. The maximum atomic E-state index is 14.2. The number of ether oxygens (including phenoxy) is 4. The first kappa shape index (κ1) is 22.0. The lowest BCUT2D eigenvalue weighted by molar-refractivity contribution is 0.0357. The van der Waals surface area contributed by atoms with Crippen molar-refractivity contribution in [3.63, 3.8) is 0 Å². The van der Waals surface area contributed by atoms with Crippen LogP contribution in [0.5, 0.6) is 23.0 Å². The molecule has 2 aromatic carbocycles. The third-order valence-corrected chi connectivity index (χ3v) is 5.24. The normalized spacial score (nSPS) is 14.5. The number of hydrogen-bond donors (Lipinski definition) is 1. The average molecular weight is 445 g/mol. The van der Waals surface area contributed by atoms with Gasteiger partial charge in [-0.3, -0.25) is 9.88 Å². The zero-order valence-electron chi connectivity index (χ0n) is 17.8. The molecule has 0 aliphatic carbocycles. The van der Waals surface area contributed by atoms with Crippen molar-refractivity contribution in [1.29, 1.82) is 0 Å². The molecular formula is C23H25F2N3O4. The molecule has 2 heterocycles. The lowest BCUT2D eigenvalue weighted by Gasteiger charge is -2.26. The maximum absolute atomic E-state index is 14.2. The summed E-state index contributed by atoms with van der Waals surface area (Å²) in [7, 11) is 1.54. The minimum Gasteiger partial charge on any atom is -0.493 e. The molecule has 0 spiro atoms. The number of fused-ring (bicyclic) bond motifs is 1. The first-order valence-corrected chi connectivity index (χ1v) is 10.4. The van der Waals surface area contributed by atoms with E-state index in [9.17, 15) is 8.78 Å². The molecule has 0 unspecified atom stereocenters. The third kappa shape index (κ3) is 5.00. The van der Waals surface area contributed by atoms with Crippen molar-refractivity contribution in [3.05, 3.63) is 48.2 Å². The molecule has 1 aromatic heterocycles. The quantitative estimate of drug-likeness (QED) is 0.415. The Balaban J connectivity index is 1.51. The molecule has 1 saturated heterocycles. The van der Waals surface area contributed by atoms with Crippen molar-refractivity contribution >= 4 is 16.6 Å². The fraction of sp³-hybridized carbons (Fsp3) is 0.348. The van der Waals surface area contributed by atoms with Crippen LogP contribution in [0.1, 0.15) is 6.42 Å². The Morgan fingerprint density at radius 1 is 1.03 bits per heavy atom. The molecule has 3 aromatic rings. The fourth-order valence-electron chi connectivity index (χ4n) is 3.53. The van der Waals surface area contributed by atoms with E-state index in [1.54, 1.807) is 18.2 Å². The van der Waals surface area contributed by atoms with Gasteiger partial charge in [0.2, 0.25) is 0 Å². The maximum Gasteiger partial charge on any atom is 0.167 e. The summed E-state index contributed by atoms with van der Waals surface area (Å²) in [5.74, 6) is -0.449. The molecule has 0 atom stereocenters. The number of morpholine rings is 1. The van der Waals surface area contributed by atoms with Crippen molar-refractivity contribution in [2.45, 2.75) is 6.42 Å². The number of hydrogen-bond acceptors (Lipinski definition) is 7. The lowest BCUT2D eigenvalue weighted by Crippen LogP contribution is -2.37. The third-order valence-electron chi connectivity index (χ3n) is 5.24. The second-order valence-electron chi connectivity index (χ2n) is 7.39. The topological polar surface area (TPSA) is 79.1 Å². The molecule has 2 N–H and O–H groups in total. The number of benzene rings is 2. The van der Waals surface area contributed by atoms with Crippen molar-refractivity contribution in [3.8, 4) is 23.0 Å². The second kappa shape index (κ2) is 9.97. The van der Waals surface area contributed by atoms with Gasteiger partial charge in [-0.1, -0.05) is 0 Å². The molecule has 4 rings (SSSR count). The Kier molecular flexibility index (Phi) is 6.87. The standard InChI is InChI=1S/C23H25F2N3O4/c1-29-22-11-15-19(14-23(22)31-8-2-5-28-6-9-30-10-7-28)27-4-3-20(15)32-21-13-16(24)18(26)12-17(21)25/h3-4,11-14H,2,5-10,26H2,1H3. The van der Waals surface area contributed by atoms with E-state index in [0.717, 1.165) is 51.4 Å². The minimum atomic E-state index is -0.763. The van der Waals surface area contributed by atoms with Crippen molar-refractivity contribution in [1.82, 2.24) is 9.88 Å². The molecule has 0 amide bonds. The van der Waals surface area contributed by atoms with Gasteiger partial charge in [0, 0.05) is 49.4 Å². The molecule has 32 heavy (non-hydrogen) atoms. The summed E-state index contributed by atoms with van der Waals surface area (Å²) in [6.07, 6.45) is 2.39. The van der Waals surface area contributed by atoms with Gasteiger partial charge in [-0.25, -0.2) is 8.78 Å². The first-order chi connectivity index (χ1) is 15.5. The summed E-state index contributed by atoms with van der Waals surface area (Å²) in [6, 6.07) is 6.83. The summed E-state index contributed by atoms with van der Waals surface area (Å²) in [5, 5.41) is 0.571. The second-order valence-corrected chi connectivity index (χ2v) is 7.39. The van der Waals surface area contributed by atoms with E-state index in [1.807, 2.05) is 0 Å². The zero-order chi connectivity index (χ0) is 22.5. The number of pyridine rings is 1. The average Bonchev–Trinajstić information content (AvgIpc) is 2.80. The van der Waals surface area contributed by atoms with Crippen LogP contribution >= 0.6 is 0 Å². The number of anilines is 1. The molecule has 0 bridgehead atoms. The fourth-order valence-corrected chi connectivity index (χ4v) is 3.53. The SMILES string of the molecule is COc1cc2c(Oc3cc(F)c(N)cc3F)ccnc2cc1OCCCN1CCOCC1. The summed E-state index contributed by atoms with van der Waals surface area (Å²) < 4.78 is 50.4. The van der Waals surface area contributed by atoms with Gasteiger partial charge in [-0.05, 0) is 18.6 Å². The highest BCUT2D eigenvalue weighted by Gasteiger charge is 2.15. The van der Waals surface area contributed by atoms with Crippen LogP contribution in [0.2, 0.25) is 0 Å². The van der Waals surface area contributed by atoms with Gasteiger partial charge in [0.05, 0.1) is 38.1 Å². The van der Waals surface area contributed by atoms with Crippen molar-refractivity contribution in [2.75, 3.05) is 52.3 Å². The van der Waals surface area contributed by atoms with Crippen LogP contribution in [0.15, 0.2) is 36.5 Å². The molecule has 170 valence electrons. The van der Waals surface area contributed by atoms with Crippen LogP contribution in [0.25, 0.3) is 10.9 Å². The van der Waals surface area contributed by atoms with Gasteiger partial charge in [-0.15, -0.1) is 0 Å². The van der Waals surface area contributed by atoms with Crippen LogP contribution in [0.3, 0.4) is 0 Å². The zero-order valence-corrected chi connectivity index (χ0v) is 17.8. The number of nitrogen functional groups attached to an aromatic ring is 1. The molecule has 1 fully saturated rings. The van der Waals surface area contributed by atoms with Crippen molar-refractivity contribution < 1.29 is 27.7 Å². The van der Waals surface area contributed by atoms with Crippen LogP contribution in [-0.4, -0.2) is 56.4 Å². The monoisotopic (exact) mass is 445 g/mol. The Labute approximate surface area is 184 Å². The van der Waals surface area contributed by atoms with Gasteiger partial charge in [0.25, 0.3) is 0 Å². The van der Waals surface area contributed by atoms with E-state index in [1.165, 1.54) is 13.3 Å². The van der Waals surface area contributed by atoms with E-state index in [4.69, 9.17) is 24.7 Å². The van der Waals surface area contributed by atoms with E-state index < -0.39 is 11.6 Å². The van der Waals surface area contributed by atoms with E-state index in [2.05, 4.69) is 9.88 Å². The van der Waals surface area contributed by atoms with Crippen molar-refractivity contribution in [2.24, 2.45) is 0 Å². The van der Waals surface area contributed by atoms with E-state index in [0.29, 0.717) is 34.8 Å². The van der Waals surface area contributed by atoms with E-state index in [-0.39, 0.29) is 11.4 Å². The molecule has 7 nitrogen and oxygen atoms in total. The van der Waals surface area contributed by atoms with Crippen LogP contribution < -0.4 is 19.9 Å². The predicted molar refractivity (Wildman–Crippen MR) is 117 cm³/mol. The van der Waals surface area contributed by atoms with Crippen LogP contribution in [0.4, 0.5) is 14.5 Å². The molecule has 1 aliphatic heterocycles. The van der Waals surface area contributed by atoms with Crippen LogP contribution in [0, 0.1) is 11.6 Å². The number of nitrogens with two attached hydrogens (primary N) is 1. The first-order valence-electron chi connectivity index (χ1n) is 10.4. The highest BCUT2D eigenvalue weighted by Crippen LogP contribution is 2.38. The van der Waals surface area contributed by atoms with Gasteiger partial charge >= 0.3 is 0 Å². The number of aromatic nitrogens is 1. The Bertz CT molecular complexity index is 1090. The van der Waals surface area contributed by atoms with Gasteiger partial charge in [0.15, 0.2) is 23.1 Å². The molecule has 0 radical (unpaired) electrons. The van der Waals surface area contributed by atoms with Gasteiger partial charge in [-0.2, -0.15) is 0 Å². The highest BCUT2D eigenvalue weighted by atomic mass is 19.1. The number of rotatable bonds is 8. The Morgan fingerprint density at radius 3 is 2.62 bits per heavy atom. The Hall–Kier alpha value is -3.17. The van der Waals surface area contributed by atoms with Gasteiger partial charge < -0.3 is 24.7 Å². The number of nitrogens with zero attached hydrogens (tertiary/aromatic N) is 2. The molecule has 0 saturated carbocycles. The van der Waals surface area contributed by atoms with Gasteiger partial charge in [0.1, 0.15) is 11.6 Å². The largest absolute Gasteiger partial charge is 0.493 e. The highest BCUT2D eigenvalue weighted by molar-refractivity contribution is 5.88. The molecular weight excluding hydrogens is 420 g/mol. The summed E-state index contributed by atoms with van der Waals surface area (Å²) in [4.78, 5) is 6.69. The lowest BCUT2D eigenvalue weighted by atomic mass is 10.1. The number of methoxy groups -OCH3 is 1. The predicted octanol–water partition coefficient (Wildman–Crippen LogP) is 4.00. The molecule has 9 heteroatoms. The van der Waals surface area contributed by atoms with Crippen LogP contribution in [-0.2, 0) is 4.74 Å². The smallest absolute Gasteiger partial charge is 0.167 e.